The summed E-state index contributed by atoms with van der Waals surface area (Å²) in [6.45, 7) is -0.0781. The predicted octanol–water partition coefficient (Wildman–Crippen LogP) is 1.77. The lowest BCUT2D eigenvalue weighted by Gasteiger charge is -2.26. The highest BCUT2D eigenvalue weighted by molar-refractivity contribution is 7.89. The van der Waals surface area contributed by atoms with E-state index in [0.29, 0.717) is 12.8 Å². The van der Waals surface area contributed by atoms with Crippen LogP contribution in [0.4, 0.5) is 10.1 Å². The Hall–Kier alpha value is -1.18. The van der Waals surface area contributed by atoms with E-state index in [1.54, 1.807) is 0 Å². The fourth-order valence-electron chi connectivity index (χ4n) is 2.62. The Labute approximate surface area is 124 Å². The second-order valence-electron chi connectivity index (χ2n) is 5.61. The minimum atomic E-state index is -3.94. The van der Waals surface area contributed by atoms with Crippen molar-refractivity contribution in [1.29, 1.82) is 0 Å². The molecular formula is C14H21FN2O3S. The van der Waals surface area contributed by atoms with E-state index in [4.69, 9.17) is 5.73 Å². The molecule has 0 amide bonds. The molecule has 0 aliphatic heterocycles. The first kappa shape index (κ1) is 16.2. The van der Waals surface area contributed by atoms with E-state index in [9.17, 15) is 17.9 Å². The van der Waals surface area contributed by atoms with E-state index in [0.717, 1.165) is 31.7 Å². The molecule has 0 heterocycles. The summed E-state index contributed by atoms with van der Waals surface area (Å²) < 4.78 is 40.1. The Morgan fingerprint density at radius 2 is 1.86 bits per heavy atom. The molecule has 7 heteroatoms. The van der Waals surface area contributed by atoms with Gasteiger partial charge in [-0.3, -0.25) is 0 Å². The van der Waals surface area contributed by atoms with Crippen LogP contribution in [0.3, 0.4) is 0 Å². The molecule has 0 unspecified atom stereocenters. The zero-order valence-electron chi connectivity index (χ0n) is 11.8. The summed E-state index contributed by atoms with van der Waals surface area (Å²) in [5.41, 5.74) is 4.04. The fraction of sp³-hybridized carbons (Fsp3) is 0.571. The lowest BCUT2D eigenvalue weighted by molar-refractivity contribution is 0.0303. The largest absolute Gasteiger partial charge is 0.395 e. The smallest absolute Gasteiger partial charge is 0.242 e. The van der Waals surface area contributed by atoms with Crippen LogP contribution in [0.2, 0.25) is 0 Å². The molecule has 1 aromatic rings. The van der Waals surface area contributed by atoms with E-state index < -0.39 is 27.1 Å². The maximum Gasteiger partial charge on any atom is 0.242 e. The highest BCUT2D eigenvalue weighted by Gasteiger charge is 2.30. The number of aliphatic hydroxyl groups is 1. The molecule has 21 heavy (non-hydrogen) atoms. The molecule has 0 aromatic heterocycles. The molecule has 0 spiro atoms. The first-order valence-corrected chi connectivity index (χ1v) is 8.58. The van der Waals surface area contributed by atoms with E-state index in [1.165, 1.54) is 12.1 Å². The number of benzene rings is 1. The Bertz CT molecular complexity index is 596. The molecule has 2 rings (SSSR count). The molecule has 4 N–H and O–H groups in total. The molecule has 5 nitrogen and oxygen atoms in total. The number of anilines is 1. The summed E-state index contributed by atoms with van der Waals surface area (Å²) in [6.07, 6.45) is 4.97. The van der Waals surface area contributed by atoms with Crippen molar-refractivity contribution in [3.63, 3.8) is 0 Å². The summed E-state index contributed by atoms with van der Waals surface area (Å²) in [4.78, 5) is -0.292. The Kier molecular flexibility index (Phi) is 4.85. The van der Waals surface area contributed by atoms with Crippen LogP contribution in [0.1, 0.15) is 38.5 Å². The SMILES string of the molecule is Nc1c(F)cccc1S(=O)(=O)NCC1(O)CCCCCC1. The zero-order chi connectivity index (χ0) is 15.5. The first-order valence-electron chi connectivity index (χ1n) is 7.10. The van der Waals surface area contributed by atoms with Crippen molar-refractivity contribution in [2.45, 2.75) is 49.0 Å². The maximum atomic E-state index is 13.4. The van der Waals surface area contributed by atoms with E-state index in [1.807, 2.05) is 0 Å². The monoisotopic (exact) mass is 316 g/mol. The first-order chi connectivity index (χ1) is 9.84. The van der Waals surface area contributed by atoms with E-state index in [2.05, 4.69) is 4.72 Å². The number of para-hydroxylation sites is 1. The van der Waals surface area contributed by atoms with Crippen LogP contribution in [0, 0.1) is 5.82 Å². The predicted molar refractivity (Wildman–Crippen MR) is 78.7 cm³/mol. The Morgan fingerprint density at radius 3 is 2.48 bits per heavy atom. The Balaban J connectivity index is 2.12. The fourth-order valence-corrected chi connectivity index (χ4v) is 3.88. The molecule has 1 aliphatic carbocycles. The standard InChI is InChI=1S/C14H21FN2O3S/c15-11-6-5-7-12(13(11)16)21(19,20)17-10-14(18)8-3-1-2-4-9-14/h5-7,17-18H,1-4,8-10,16H2. The van der Waals surface area contributed by atoms with Gasteiger partial charge < -0.3 is 10.8 Å². The molecule has 1 fully saturated rings. The maximum absolute atomic E-state index is 13.4. The van der Waals surface area contributed by atoms with Gasteiger partial charge in [-0.15, -0.1) is 0 Å². The number of hydrogen-bond donors (Lipinski definition) is 3. The highest BCUT2D eigenvalue weighted by atomic mass is 32.2. The third-order valence-corrected chi connectivity index (χ3v) is 5.39. The Morgan fingerprint density at radius 1 is 1.24 bits per heavy atom. The summed E-state index contributed by atoms with van der Waals surface area (Å²) in [6, 6.07) is 3.64. The van der Waals surface area contributed by atoms with Crippen molar-refractivity contribution in [2.75, 3.05) is 12.3 Å². The number of hydrogen-bond acceptors (Lipinski definition) is 4. The van der Waals surface area contributed by atoms with Crippen LogP contribution in [0.15, 0.2) is 23.1 Å². The van der Waals surface area contributed by atoms with Gasteiger partial charge in [-0.2, -0.15) is 0 Å². The van der Waals surface area contributed by atoms with Gasteiger partial charge in [0.05, 0.1) is 11.3 Å². The third-order valence-electron chi connectivity index (χ3n) is 3.93. The summed E-state index contributed by atoms with van der Waals surface area (Å²) in [5.74, 6) is -0.772. The number of rotatable bonds is 4. The molecule has 0 bridgehead atoms. The van der Waals surface area contributed by atoms with Crippen molar-refractivity contribution in [3.05, 3.63) is 24.0 Å². The second kappa shape index (κ2) is 6.29. The van der Waals surface area contributed by atoms with Crippen LogP contribution < -0.4 is 10.5 Å². The molecule has 0 radical (unpaired) electrons. The van der Waals surface area contributed by atoms with Crippen molar-refractivity contribution in [2.24, 2.45) is 0 Å². The van der Waals surface area contributed by atoms with Gasteiger partial charge in [-0.25, -0.2) is 17.5 Å². The van der Waals surface area contributed by atoms with Gasteiger partial charge in [-0.1, -0.05) is 31.7 Å². The molecule has 1 aliphatic rings. The number of nitrogen functional groups attached to an aromatic ring is 1. The minimum Gasteiger partial charge on any atom is -0.395 e. The van der Waals surface area contributed by atoms with Crippen molar-refractivity contribution in [1.82, 2.24) is 4.72 Å². The number of sulfonamides is 1. The average Bonchev–Trinajstić information content (AvgIpc) is 2.65. The lowest BCUT2D eigenvalue weighted by atomic mass is 9.95. The van der Waals surface area contributed by atoms with E-state index >= 15 is 0 Å². The van der Waals surface area contributed by atoms with Crippen molar-refractivity contribution in [3.8, 4) is 0 Å². The summed E-state index contributed by atoms with van der Waals surface area (Å²) in [7, 11) is -3.94. The van der Waals surface area contributed by atoms with Crippen LogP contribution in [-0.2, 0) is 10.0 Å². The average molecular weight is 316 g/mol. The van der Waals surface area contributed by atoms with Crippen molar-refractivity contribution < 1.29 is 17.9 Å². The molecule has 0 atom stereocenters. The van der Waals surface area contributed by atoms with Gasteiger partial charge in [-0.05, 0) is 25.0 Å². The van der Waals surface area contributed by atoms with Crippen molar-refractivity contribution >= 4 is 15.7 Å². The van der Waals surface area contributed by atoms with Gasteiger partial charge in [0.15, 0.2) is 0 Å². The topological polar surface area (TPSA) is 92.4 Å². The van der Waals surface area contributed by atoms with Crippen LogP contribution in [0.25, 0.3) is 0 Å². The van der Waals surface area contributed by atoms with Gasteiger partial charge in [0.2, 0.25) is 10.0 Å². The lowest BCUT2D eigenvalue weighted by Crippen LogP contribution is -2.42. The van der Waals surface area contributed by atoms with Gasteiger partial charge in [0.25, 0.3) is 0 Å². The molecule has 1 saturated carbocycles. The molecular weight excluding hydrogens is 295 g/mol. The highest BCUT2D eigenvalue weighted by Crippen LogP contribution is 2.27. The number of halogens is 1. The summed E-state index contributed by atoms with van der Waals surface area (Å²) in [5, 5.41) is 10.5. The minimum absolute atomic E-state index is 0.0781. The van der Waals surface area contributed by atoms with Crippen LogP contribution in [-0.4, -0.2) is 25.7 Å². The third kappa shape index (κ3) is 3.93. The molecule has 0 saturated heterocycles. The number of nitrogens with one attached hydrogen (secondary N) is 1. The quantitative estimate of drug-likeness (QED) is 0.583. The normalized spacial score (nSPS) is 19.1. The van der Waals surface area contributed by atoms with Gasteiger partial charge in [0, 0.05) is 6.54 Å². The van der Waals surface area contributed by atoms with Crippen LogP contribution >= 0.6 is 0 Å². The van der Waals surface area contributed by atoms with Crippen LogP contribution in [0.5, 0.6) is 0 Å². The number of nitrogens with two attached hydrogens (primary N) is 1. The van der Waals surface area contributed by atoms with E-state index in [-0.39, 0.29) is 11.4 Å². The van der Waals surface area contributed by atoms with Gasteiger partial charge >= 0.3 is 0 Å². The second-order valence-corrected chi connectivity index (χ2v) is 7.35. The molecule has 118 valence electrons. The molecule has 1 aromatic carbocycles. The van der Waals surface area contributed by atoms with Gasteiger partial charge in [0.1, 0.15) is 10.7 Å². The zero-order valence-corrected chi connectivity index (χ0v) is 12.6. The summed E-state index contributed by atoms with van der Waals surface area (Å²) >= 11 is 0.